The molecule has 27 heavy (non-hydrogen) atoms. The first kappa shape index (κ1) is 17.4. The molecule has 2 N–H and O–H groups in total. The molecule has 4 rings (SSSR count). The highest BCUT2D eigenvalue weighted by atomic mass is 35.5. The van der Waals surface area contributed by atoms with Crippen molar-refractivity contribution >= 4 is 23.3 Å². The number of carbonyl (C=O) groups excluding carboxylic acids is 1. The smallest absolute Gasteiger partial charge is 0.322 e. The number of nitrogens with one attached hydrogen (secondary N) is 1. The van der Waals surface area contributed by atoms with Crippen LogP contribution in [0.2, 0.25) is 5.02 Å². The number of phenolic OH excluding ortho intramolecular Hbond substituents is 1. The number of likely N-dealkylation sites (tertiary alicyclic amines) is 1. The van der Waals surface area contributed by atoms with E-state index in [1.807, 2.05) is 0 Å². The van der Waals surface area contributed by atoms with Crippen molar-refractivity contribution in [3.63, 3.8) is 0 Å². The molecule has 138 valence electrons. The second-order valence-electron chi connectivity index (χ2n) is 6.29. The Morgan fingerprint density at radius 3 is 2.67 bits per heavy atom. The van der Waals surface area contributed by atoms with E-state index in [-0.39, 0.29) is 17.8 Å². The Balaban J connectivity index is 1.50. The Labute approximate surface area is 160 Å². The highest BCUT2D eigenvalue weighted by Crippen LogP contribution is 2.32. The maximum absolute atomic E-state index is 12.7. The molecule has 0 bridgehead atoms. The summed E-state index contributed by atoms with van der Waals surface area (Å²) in [6, 6.07) is 13.0. The van der Waals surface area contributed by atoms with Crippen LogP contribution >= 0.6 is 11.6 Å². The van der Waals surface area contributed by atoms with Crippen molar-refractivity contribution in [2.24, 2.45) is 0 Å². The summed E-state index contributed by atoms with van der Waals surface area (Å²) in [6.45, 7) is 0.612. The maximum atomic E-state index is 12.7. The summed E-state index contributed by atoms with van der Waals surface area (Å²) >= 11 is 5.88. The molecule has 3 aromatic rings. The molecule has 8 heteroatoms. The lowest BCUT2D eigenvalue weighted by Crippen LogP contribution is -2.34. The van der Waals surface area contributed by atoms with Crippen molar-refractivity contribution in [2.75, 3.05) is 11.9 Å². The van der Waals surface area contributed by atoms with Gasteiger partial charge in [0.1, 0.15) is 11.8 Å². The molecular formula is C19H17ClN4O3. The van der Waals surface area contributed by atoms with Crippen LogP contribution in [0.4, 0.5) is 10.5 Å². The minimum absolute atomic E-state index is 0.170. The summed E-state index contributed by atoms with van der Waals surface area (Å²) in [7, 11) is 0. The summed E-state index contributed by atoms with van der Waals surface area (Å²) in [5.74, 6) is 1.00. The van der Waals surface area contributed by atoms with Crippen LogP contribution in [-0.2, 0) is 0 Å². The fourth-order valence-corrected chi connectivity index (χ4v) is 3.22. The molecule has 2 amide bonds. The van der Waals surface area contributed by atoms with Crippen LogP contribution in [0.5, 0.6) is 5.75 Å². The molecule has 2 heterocycles. The van der Waals surface area contributed by atoms with Gasteiger partial charge in [-0.15, -0.1) is 0 Å². The molecule has 7 nitrogen and oxygen atoms in total. The Kier molecular flexibility index (Phi) is 4.68. The molecule has 2 aromatic carbocycles. The lowest BCUT2D eigenvalue weighted by Gasteiger charge is -2.22. The lowest BCUT2D eigenvalue weighted by molar-refractivity contribution is 0.193. The summed E-state index contributed by atoms with van der Waals surface area (Å²) in [4.78, 5) is 18.8. The van der Waals surface area contributed by atoms with Crippen molar-refractivity contribution in [1.29, 1.82) is 0 Å². The summed E-state index contributed by atoms with van der Waals surface area (Å²) in [5.41, 5.74) is 1.41. The highest BCUT2D eigenvalue weighted by molar-refractivity contribution is 6.30. The summed E-state index contributed by atoms with van der Waals surface area (Å²) < 4.78 is 5.42. The molecule has 0 radical (unpaired) electrons. The highest BCUT2D eigenvalue weighted by Gasteiger charge is 2.34. The van der Waals surface area contributed by atoms with E-state index in [1.165, 1.54) is 0 Å². The first-order chi connectivity index (χ1) is 13.1. The zero-order valence-electron chi connectivity index (χ0n) is 14.3. The normalized spacial score (nSPS) is 16.5. The second-order valence-corrected chi connectivity index (χ2v) is 6.73. The van der Waals surface area contributed by atoms with Crippen molar-refractivity contribution in [3.8, 4) is 17.1 Å². The molecule has 0 unspecified atom stereocenters. The Morgan fingerprint density at radius 2 is 1.93 bits per heavy atom. The third kappa shape index (κ3) is 3.73. The van der Waals surface area contributed by atoms with Gasteiger partial charge in [0.25, 0.3) is 0 Å². The number of hydrogen-bond donors (Lipinski definition) is 2. The maximum Gasteiger partial charge on any atom is 0.322 e. The number of carbonyl (C=O) groups is 1. The van der Waals surface area contributed by atoms with E-state index in [4.69, 9.17) is 16.1 Å². The fourth-order valence-electron chi connectivity index (χ4n) is 3.09. The van der Waals surface area contributed by atoms with E-state index in [0.29, 0.717) is 29.0 Å². The van der Waals surface area contributed by atoms with E-state index in [9.17, 15) is 9.90 Å². The van der Waals surface area contributed by atoms with Crippen LogP contribution in [0, 0.1) is 0 Å². The van der Waals surface area contributed by atoms with Crippen LogP contribution in [0.1, 0.15) is 24.8 Å². The molecular weight excluding hydrogens is 368 g/mol. The van der Waals surface area contributed by atoms with Gasteiger partial charge in [0.15, 0.2) is 0 Å². The van der Waals surface area contributed by atoms with Crippen molar-refractivity contribution in [1.82, 2.24) is 15.0 Å². The molecule has 1 aromatic heterocycles. The van der Waals surface area contributed by atoms with Gasteiger partial charge in [-0.2, -0.15) is 4.98 Å². The van der Waals surface area contributed by atoms with Gasteiger partial charge >= 0.3 is 6.03 Å². The summed E-state index contributed by atoms with van der Waals surface area (Å²) in [5, 5.41) is 16.9. The van der Waals surface area contributed by atoms with Crippen molar-refractivity contribution in [3.05, 3.63) is 59.4 Å². The zero-order chi connectivity index (χ0) is 18.8. The molecule has 1 fully saturated rings. The average Bonchev–Trinajstić information content (AvgIpc) is 3.33. The number of amides is 2. The van der Waals surface area contributed by atoms with Crippen LogP contribution in [0.25, 0.3) is 11.4 Å². The second kappa shape index (κ2) is 7.28. The molecule has 0 aliphatic carbocycles. The molecule has 0 saturated carbocycles. The molecule has 1 atom stereocenters. The number of aromatic nitrogens is 2. The number of hydrogen-bond acceptors (Lipinski definition) is 5. The zero-order valence-corrected chi connectivity index (χ0v) is 15.1. The number of rotatable bonds is 3. The van der Waals surface area contributed by atoms with E-state index in [2.05, 4.69) is 15.5 Å². The number of anilines is 1. The van der Waals surface area contributed by atoms with Crippen LogP contribution < -0.4 is 5.32 Å². The van der Waals surface area contributed by atoms with Crippen LogP contribution in [0.3, 0.4) is 0 Å². The number of phenols is 1. The van der Waals surface area contributed by atoms with E-state index in [1.54, 1.807) is 53.4 Å². The number of halogens is 1. The Bertz CT molecular complexity index is 940. The van der Waals surface area contributed by atoms with Gasteiger partial charge in [-0.25, -0.2) is 4.79 Å². The number of benzene rings is 2. The van der Waals surface area contributed by atoms with Crippen LogP contribution in [0.15, 0.2) is 53.1 Å². The Morgan fingerprint density at radius 1 is 1.19 bits per heavy atom. The van der Waals surface area contributed by atoms with E-state index >= 15 is 0 Å². The molecule has 1 aliphatic rings. The van der Waals surface area contributed by atoms with Crippen molar-refractivity contribution in [2.45, 2.75) is 18.9 Å². The third-order valence-corrected chi connectivity index (χ3v) is 4.71. The minimum Gasteiger partial charge on any atom is -0.508 e. The number of aromatic hydroxyl groups is 1. The standard InChI is InChI=1S/C19H17ClN4O3/c20-13-5-7-14(8-6-13)21-19(26)24-11-1-2-16(24)18-22-17(23-27-18)12-3-9-15(25)10-4-12/h3-10,16,25H,1-2,11H2,(H,21,26)/t16-/m0/s1. The SMILES string of the molecule is O=C(Nc1ccc(Cl)cc1)N1CCC[C@H]1c1nc(-c2ccc(O)cc2)no1. The third-order valence-electron chi connectivity index (χ3n) is 4.46. The van der Waals surface area contributed by atoms with Gasteiger partial charge in [0.2, 0.25) is 11.7 Å². The van der Waals surface area contributed by atoms with Gasteiger partial charge in [-0.1, -0.05) is 16.8 Å². The molecule has 0 spiro atoms. The van der Waals surface area contributed by atoms with Gasteiger partial charge in [-0.3, -0.25) is 0 Å². The predicted octanol–water partition coefficient (Wildman–Crippen LogP) is 4.46. The quantitative estimate of drug-likeness (QED) is 0.695. The van der Waals surface area contributed by atoms with Gasteiger partial charge < -0.3 is 19.8 Å². The topological polar surface area (TPSA) is 91.5 Å². The largest absolute Gasteiger partial charge is 0.508 e. The predicted molar refractivity (Wildman–Crippen MR) is 101 cm³/mol. The first-order valence-corrected chi connectivity index (χ1v) is 8.94. The number of urea groups is 1. The van der Waals surface area contributed by atoms with Gasteiger partial charge in [0.05, 0.1) is 0 Å². The lowest BCUT2D eigenvalue weighted by atomic mass is 10.2. The molecule has 1 aliphatic heterocycles. The van der Waals surface area contributed by atoms with E-state index < -0.39 is 0 Å². The van der Waals surface area contributed by atoms with Crippen molar-refractivity contribution < 1.29 is 14.4 Å². The monoisotopic (exact) mass is 384 g/mol. The van der Waals surface area contributed by atoms with Crippen LogP contribution in [-0.4, -0.2) is 32.7 Å². The average molecular weight is 385 g/mol. The fraction of sp³-hybridized carbons (Fsp3) is 0.211. The van der Waals surface area contributed by atoms with Gasteiger partial charge in [-0.05, 0) is 61.4 Å². The van der Waals surface area contributed by atoms with Gasteiger partial charge in [0, 0.05) is 22.8 Å². The number of nitrogens with zero attached hydrogens (tertiary/aromatic N) is 3. The van der Waals surface area contributed by atoms with E-state index in [0.717, 1.165) is 18.4 Å². The molecule has 1 saturated heterocycles. The minimum atomic E-state index is -0.268. The Hall–Kier alpha value is -3.06. The first-order valence-electron chi connectivity index (χ1n) is 8.56. The summed E-state index contributed by atoms with van der Waals surface area (Å²) in [6.07, 6.45) is 1.61.